The lowest BCUT2D eigenvalue weighted by molar-refractivity contribution is -0.146. The van der Waals surface area contributed by atoms with Gasteiger partial charge in [0, 0.05) is 38.8 Å². The molecule has 0 saturated heterocycles. The van der Waals surface area contributed by atoms with Gasteiger partial charge in [-0.1, -0.05) is 235 Å². The van der Waals surface area contributed by atoms with Crippen LogP contribution < -0.4 is 18.9 Å². The predicted octanol–water partition coefficient (Wildman–Crippen LogP) is 17.9. The first-order chi connectivity index (χ1) is 42.6. The van der Waals surface area contributed by atoms with Gasteiger partial charge < -0.3 is 38.1 Å². The summed E-state index contributed by atoms with van der Waals surface area (Å²) in [6.45, 7) is 36.9. The van der Waals surface area contributed by atoms with Crippen molar-refractivity contribution in [2.75, 3.05) is 59.3 Å². The van der Waals surface area contributed by atoms with E-state index in [2.05, 4.69) is 150 Å². The Hall–Kier alpha value is -6.04. The van der Waals surface area contributed by atoms with E-state index in [1.165, 1.54) is 64.2 Å². The second-order valence-electron chi connectivity index (χ2n) is 29.1. The molecule has 0 saturated carbocycles. The standard InChI is InChI=1S/C78H117NO11/c1-18-23-25-27-29-31-33-35-37-79(38-36-34-32-30-28-26-24-19-2)67(80)51-87-71-55-39-57-45-64(76(9,10)11)47-59(72(57)88-52-68(81)84-20-3)41-61-49-66(78(15,16)17)50-62(74(61)90-54-70(83)86-22-5)42-60-48-65(77(12,13)14)46-58(73(60)89-53-69(82)85-21-4)40-56(71)44-63(43-55)75(6,7)8/h43-50H,18-42,51-54H2,1-17H3. The Balaban J connectivity index is 1.88. The number of amides is 1. The molecule has 8 bridgehead atoms. The highest BCUT2D eigenvalue weighted by atomic mass is 16.6. The summed E-state index contributed by atoms with van der Waals surface area (Å²) in [6, 6.07) is 17.5. The lowest BCUT2D eigenvalue weighted by Crippen LogP contribution is -2.36. The fourth-order valence-electron chi connectivity index (χ4n) is 11.8. The number of unbranched alkanes of at least 4 members (excludes halogenated alkanes) is 14. The molecule has 4 aromatic carbocycles. The molecule has 90 heavy (non-hydrogen) atoms. The molecule has 0 atom stereocenters. The summed E-state index contributed by atoms with van der Waals surface area (Å²) < 4.78 is 44.2. The van der Waals surface area contributed by atoms with E-state index in [4.69, 9.17) is 33.2 Å². The van der Waals surface area contributed by atoms with E-state index < -0.39 is 17.9 Å². The summed E-state index contributed by atoms with van der Waals surface area (Å²) in [4.78, 5) is 57.6. The molecule has 0 heterocycles. The molecule has 0 spiro atoms. The number of hydrogen-bond donors (Lipinski definition) is 0. The maximum atomic E-state index is 15.1. The molecule has 4 aromatic rings. The van der Waals surface area contributed by atoms with E-state index in [0.717, 1.165) is 105 Å². The van der Waals surface area contributed by atoms with E-state index in [0.29, 0.717) is 48.9 Å². The number of benzene rings is 4. The van der Waals surface area contributed by atoms with Gasteiger partial charge in [0.05, 0.1) is 19.8 Å². The normalized spacial score (nSPS) is 12.7. The highest BCUT2D eigenvalue weighted by molar-refractivity contribution is 5.78. The van der Waals surface area contributed by atoms with Crippen LogP contribution in [0, 0.1) is 0 Å². The van der Waals surface area contributed by atoms with Crippen molar-refractivity contribution in [3.8, 4) is 23.0 Å². The van der Waals surface area contributed by atoms with Crippen LogP contribution in [0.4, 0.5) is 0 Å². The van der Waals surface area contributed by atoms with Gasteiger partial charge >= 0.3 is 17.9 Å². The van der Waals surface area contributed by atoms with Crippen LogP contribution in [0.2, 0.25) is 0 Å². The monoisotopic (exact) mass is 1240 g/mol. The Morgan fingerprint density at radius 2 is 0.533 bits per heavy atom. The zero-order valence-corrected chi connectivity index (χ0v) is 59.1. The van der Waals surface area contributed by atoms with E-state index in [-0.39, 0.29) is 86.7 Å². The van der Waals surface area contributed by atoms with Crippen LogP contribution in [0.5, 0.6) is 23.0 Å². The maximum absolute atomic E-state index is 15.1. The van der Waals surface area contributed by atoms with Gasteiger partial charge in [-0.05, 0) is 122 Å². The van der Waals surface area contributed by atoms with Crippen LogP contribution in [0.3, 0.4) is 0 Å². The van der Waals surface area contributed by atoms with Crippen molar-refractivity contribution >= 4 is 23.8 Å². The number of carbonyl (C=O) groups excluding carboxylic acids is 4. The number of nitrogens with zero attached hydrogens (tertiary/aromatic N) is 1. The molecule has 0 radical (unpaired) electrons. The molecular weight excluding hydrogens is 1130 g/mol. The van der Waals surface area contributed by atoms with Crippen LogP contribution in [0.1, 0.15) is 287 Å². The zero-order chi connectivity index (χ0) is 66.2. The van der Waals surface area contributed by atoms with Gasteiger partial charge in [0.2, 0.25) is 0 Å². The SMILES string of the molecule is CCCCCCCCCCN(CCCCCCCCCC)C(=O)COc1c2cc(C(C)(C)C)cc1Cc1cc(C(C)(C)C)cc(c1OCC(=O)OCC)Cc1cc(C(C)(C)C)cc(c1OCC(=O)OCC)Cc1cc(C(C)(C)C)cc(c1OCC(=O)OCC)C2. The number of fused-ring (bicyclic) bond motifs is 8. The lowest BCUT2D eigenvalue weighted by Gasteiger charge is -2.29. The third-order valence-corrected chi connectivity index (χ3v) is 17.1. The van der Waals surface area contributed by atoms with Crippen molar-refractivity contribution in [2.45, 2.75) is 268 Å². The minimum Gasteiger partial charge on any atom is -0.483 e. The van der Waals surface area contributed by atoms with Crippen LogP contribution in [0.15, 0.2) is 48.5 Å². The second kappa shape index (κ2) is 35.7. The Morgan fingerprint density at radius 1 is 0.322 bits per heavy atom. The fraction of sp³-hybridized carbons (Fsp3) is 0.641. The first kappa shape index (κ1) is 74.7. The number of carbonyl (C=O) groups is 4. The molecule has 12 heteroatoms. The molecule has 0 aromatic heterocycles. The lowest BCUT2D eigenvalue weighted by atomic mass is 9.79. The van der Waals surface area contributed by atoms with Crippen molar-refractivity contribution in [3.63, 3.8) is 0 Å². The number of hydrogen-bond acceptors (Lipinski definition) is 11. The maximum Gasteiger partial charge on any atom is 0.344 e. The van der Waals surface area contributed by atoms with Crippen molar-refractivity contribution in [2.24, 2.45) is 0 Å². The average molecular weight is 1240 g/mol. The van der Waals surface area contributed by atoms with Gasteiger partial charge in [-0.2, -0.15) is 0 Å². The predicted molar refractivity (Wildman–Crippen MR) is 365 cm³/mol. The smallest absolute Gasteiger partial charge is 0.344 e. The van der Waals surface area contributed by atoms with Crippen molar-refractivity contribution in [1.82, 2.24) is 4.90 Å². The van der Waals surface area contributed by atoms with Gasteiger partial charge in [0.15, 0.2) is 26.4 Å². The third kappa shape index (κ3) is 23.6. The number of ether oxygens (including phenoxy) is 7. The van der Waals surface area contributed by atoms with Crippen molar-refractivity contribution in [3.05, 3.63) is 115 Å². The minimum atomic E-state index is -0.502. The summed E-state index contributed by atoms with van der Waals surface area (Å²) in [7, 11) is 0. The molecule has 500 valence electrons. The first-order valence-electron chi connectivity index (χ1n) is 34.5. The highest BCUT2D eigenvalue weighted by Crippen LogP contribution is 2.45. The van der Waals surface area contributed by atoms with Crippen LogP contribution in [-0.2, 0) is 80.7 Å². The molecular formula is C78H117NO11. The molecule has 1 amide bonds. The molecule has 0 fully saturated rings. The summed E-state index contributed by atoms with van der Waals surface area (Å²) in [5.74, 6) is 0.640. The van der Waals surface area contributed by atoms with Crippen molar-refractivity contribution < 1.29 is 52.3 Å². The molecule has 1 aliphatic carbocycles. The van der Waals surface area contributed by atoms with E-state index in [1.807, 2.05) is 0 Å². The Morgan fingerprint density at radius 3 is 0.744 bits per heavy atom. The summed E-state index contributed by atoms with van der Waals surface area (Å²) in [6.07, 6.45) is 20.0. The average Bonchev–Trinajstić information content (AvgIpc) is 0.778. The zero-order valence-electron chi connectivity index (χ0n) is 59.1. The third-order valence-electron chi connectivity index (χ3n) is 17.1. The number of rotatable bonds is 33. The Labute approximate surface area is 544 Å². The summed E-state index contributed by atoms with van der Waals surface area (Å²) >= 11 is 0. The Kier molecular flexibility index (Phi) is 29.6. The molecule has 1 aliphatic rings. The fourth-order valence-corrected chi connectivity index (χ4v) is 11.8. The van der Waals surface area contributed by atoms with Gasteiger partial charge in [-0.3, -0.25) is 4.79 Å². The first-order valence-corrected chi connectivity index (χ1v) is 34.5. The van der Waals surface area contributed by atoms with Gasteiger partial charge in [-0.15, -0.1) is 0 Å². The quantitative estimate of drug-likeness (QED) is 0.0226. The molecule has 5 rings (SSSR count). The minimum absolute atomic E-state index is 0.0393. The van der Waals surface area contributed by atoms with Crippen LogP contribution >= 0.6 is 0 Å². The molecule has 12 nitrogen and oxygen atoms in total. The number of esters is 3. The van der Waals surface area contributed by atoms with E-state index in [9.17, 15) is 14.4 Å². The van der Waals surface area contributed by atoms with E-state index >= 15 is 4.79 Å². The van der Waals surface area contributed by atoms with Crippen LogP contribution in [0.25, 0.3) is 0 Å². The molecule has 0 unspecified atom stereocenters. The summed E-state index contributed by atoms with van der Waals surface area (Å²) in [5, 5.41) is 0. The highest BCUT2D eigenvalue weighted by Gasteiger charge is 2.31. The van der Waals surface area contributed by atoms with Gasteiger partial charge in [-0.25, -0.2) is 14.4 Å². The van der Waals surface area contributed by atoms with Crippen molar-refractivity contribution in [1.29, 1.82) is 0 Å². The van der Waals surface area contributed by atoms with Crippen LogP contribution in [-0.4, -0.2) is 88.1 Å². The molecule has 0 aliphatic heterocycles. The van der Waals surface area contributed by atoms with Gasteiger partial charge in [0.1, 0.15) is 23.0 Å². The molecule has 0 N–H and O–H groups in total. The van der Waals surface area contributed by atoms with Gasteiger partial charge in [0.25, 0.3) is 5.91 Å². The van der Waals surface area contributed by atoms with E-state index in [1.54, 1.807) is 20.8 Å². The largest absolute Gasteiger partial charge is 0.483 e. The Bertz CT molecular complexity index is 2790. The topological polar surface area (TPSA) is 136 Å². The second-order valence-corrected chi connectivity index (χ2v) is 29.1. The summed E-state index contributed by atoms with van der Waals surface area (Å²) in [5.41, 5.74) is 9.37.